The number of hydrogen-bond donors (Lipinski definition) is 3. The molecule has 0 spiro atoms. The molecule has 35 heavy (non-hydrogen) atoms. The van der Waals surface area contributed by atoms with E-state index >= 15 is 0 Å². The maximum absolute atomic E-state index is 13.2. The van der Waals surface area contributed by atoms with Gasteiger partial charge in [0.05, 0.1) is 6.42 Å². The highest BCUT2D eigenvalue weighted by atomic mass is 32.1. The Balaban J connectivity index is 1.93. The summed E-state index contributed by atoms with van der Waals surface area (Å²) < 4.78 is 14.0. The van der Waals surface area contributed by atoms with Crippen LogP contribution in [0.15, 0.2) is 70.3 Å². The standard InChI is InChI=1S/C24H22FN3O6S/c25-13-20(29)18(12-21(30)31)27-23(33)19(11-15-8-10-35-14-15)28-9-4-7-17(24(28)34)26-22(32)16-5-2-1-3-6-16/h1-10,14,18-19H,11-13H2,(H,26,32)(H,27,33)(H,30,31). The number of hydrogen-bond acceptors (Lipinski definition) is 6. The number of nitrogens with one attached hydrogen (secondary N) is 2. The van der Waals surface area contributed by atoms with Crippen molar-refractivity contribution in [2.45, 2.75) is 24.9 Å². The molecule has 1 aromatic carbocycles. The summed E-state index contributed by atoms with van der Waals surface area (Å²) in [6.07, 6.45) is 0.580. The summed E-state index contributed by atoms with van der Waals surface area (Å²) in [5, 5.41) is 17.4. The van der Waals surface area contributed by atoms with Crippen LogP contribution in [0.3, 0.4) is 0 Å². The summed E-state index contributed by atoms with van der Waals surface area (Å²) in [5.74, 6) is -3.84. The number of amides is 2. The van der Waals surface area contributed by atoms with Gasteiger partial charge in [0.25, 0.3) is 11.5 Å². The molecule has 3 N–H and O–H groups in total. The number of rotatable bonds is 11. The molecule has 0 aliphatic heterocycles. The van der Waals surface area contributed by atoms with Crippen LogP contribution in [0.4, 0.5) is 10.1 Å². The number of Topliss-reactive ketones (excluding diaryl/α,β-unsaturated/α-hetero) is 1. The van der Waals surface area contributed by atoms with Crippen molar-refractivity contribution in [3.63, 3.8) is 0 Å². The number of benzene rings is 1. The molecule has 0 fully saturated rings. The van der Waals surface area contributed by atoms with Gasteiger partial charge in [0.1, 0.15) is 24.4 Å². The normalized spacial score (nSPS) is 12.4. The van der Waals surface area contributed by atoms with Crippen LogP contribution in [0, 0.1) is 0 Å². The molecule has 2 unspecified atom stereocenters. The maximum atomic E-state index is 13.2. The molecule has 0 saturated carbocycles. The number of carboxylic acids is 1. The van der Waals surface area contributed by atoms with Gasteiger partial charge in [-0.3, -0.25) is 24.0 Å². The maximum Gasteiger partial charge on any atom is 0.305 e. The van der Waals surface area contributed by atoms with Gasteiger partial charge in [-0.15, -0.1) is 0 Å². The Kier molecular flexibility index (Phi) is 8.63. The monoisotopic (exact) mass is 499 g/mol. The van der Waals surface area contributed by atoms with Gasteiger partial charge in [0, 0.05) is 18.2 Å². The van der Waals surface area contributed by atoms with Crippen LogP contribution < -0.4 is 16.2 Å². The van der Waals surface area contributed by atoms with Crippen molar-refractivity contribution in [1.29, 1.82) is 0 Å². The molecular weight excluding hydrogens is 477 g/mol. The first-order chi connectivity index (χ1) is 16.8. The van der Waals surface area contributed by atoms with E-state index in [4.69, 9.17) is 5.11 Å². The van der Waals surface area contributed by atoms with E-state index in [9.17, 15) is 28.4 Å². The average molecular weight is 500 g/mol. The fourth-order valence-electron chi connectivity index (χ4n) is 3.37. The number of thiophene rings is 1. The lowest BCUT2D eigenvalue weighted by Crippen LogP contribution is -2.47. The minimum atomic E-state index is -1.59. The van der Waals surface area contributed by atoms with Gasteiger partial charge in [-0.05, 0) is 46.7 Å². The van der Waals surface area contributed by atoms with Gasteiger partial charge in [-0.25, -0.2) is 4.39 Å². The third kappa shape index (κ3) is 6.70. The van der Waals surface area contributed by atoms with E-state index < -0.39 is 54.3 Å². The second-order valence-electron chi connectivity index (χ2n) is 7.56. The van der Waals surface area contributed by atoms with Crippen molar-refractivity contribution in [2.75, 3.05) is 12.0 Å². The Labute approximate surface area is 203 Å². The molecule has 11 heteroatoms. The van der Waals surface area contributed by atoms with Gasteiger partial charge in [0.15, 0.2) is 5.78 Å². The van der Waals surface area contributed by atoms with Crippen molar-refractivity contribution in [1.82, 2.24) is 9.88 Å². The smallest absolute Gasteiger partial charge is 0.305 e. The van der Waals surface area contributed by atoms with Crippen molar-refractivity contribution in [2.24, 2.45) is 0 Å². The molecule has 3 rings (SSSR count). The summed E-state index contributed by atoms with van der Waals surface area (Å²) in [6, 6.07) is 10.1. The lowest BCUT2D eigenvalue weighted by atomic mass is 10.1. The van der Waals surface area contributed by atoms with E-state index in [2.05, 4.69) is 10.6 Å². The molecule has 2 heterocycles. The molecule has 9 nitrogen and oxygen atoms in total. The molecule has 0 aliphatic carbocycles. The van der Waals surface area contributed by atoms with Crippen molar-refractivity contribution in [3.8, 4) is 0 Å². The predicted octanol–water partition coefficient (Wildman–Crippen LogP) is 2.44. The summed E-state index contributed by atoms with van der Waals surface area (Å²) in [7, 11) is 0. The first-order valence-electron chi connectivity index (χ1n) is 10.5. The molecule has 182 valence electrons. The fraction of sp³-hybridized carbons (Fsp3) is 0.208. The predicted molar refractivity (Wildman–Crippen MR) is 127 cm³/mol. The van der Waals surface area contributed by atoms with Crippen molar-refractivity contribution < 1.29 is 28.7 Å². The molecule has 0 bridgehead atoms. The molecule has 2 amide bonds. The van der Waals surface area contributed by atoms with Crippen LogP contribution in [0.1, 0.15) is 28.4 Å². The van der Waals surface area contributed by atoms with E-state index in [1.54, 1.807) is 47.2 Å². The summed E-state index contributed by atoms with van der Waals surface area (Å²) >= 11 is 1.38. The van der Waals surface area contributed by atoms with Gasteiger partial charge in [-0.2, -0.15) is 11.3 Å². The van der Waals surface area contributed by atoms with Gasteiger partial charge < -0.3 is 20.3 Å². The van der Waals surface area contributed by atoms with Crippen LogP contribution in [-0.2, 0) is 20.8 Å². The van der Waals surface area contributed by atoms with Crippen LogP contribution in [-0.4, -0.2) is 46.0 Å². The number of aliphatic carboxylic acids is 1. The number of carbonyl (C=O) groups excluding carboxylic acids is 3. The first kappa shape index (κ1) is 25.5. The second kappa shape index (κ2) is 11.8. The second-order valence-corrected chi connectivity index (χ2v) is 8.34. The molecule has 3 aromatic rings. The number of ketones is 1. The number of carboxylic acid groups (broad SMARTS) is 1. The largest absolute Gasteiger partial charge is 0.481 e. The topological polar surface area (TPSA) is 135 Å². The average Bonchev–Trinajstić information content (AvgIpc) is 3.36. The lowest BCUT2D eigenvalue weighted by Gasteiger charge is -2.23. The third-order valence-electron chi connectivity index (χ3n) is 5.12. The van der Waals surface area contributed by atoms with Crippen LogP contribution >= 0.6 is 11.3 Å². The third-order valence-corrected chi connectivity index (χ3v) is 5.85. The molecule has 0 aliphatic rings. The Morgan fingerprint density at radius 3 is 2.43 bits per heavy atom. The summed E-state index contributed by atoms with van der Waals surface area (Å²) in [6.45, 7) is -1.45. The Hall–Kier alpha value is -4.12. The number of pyridine rings is 1. The molecule has 2 aromatic heterocycles. The molecule has 0 saturated heterocycles. The lowest BCUT2D eigenvalue weighted by molar-refractivity contribution is -0.140. The minimum Gasteiger partial charge on any atom is -0.481 e. The van der Waals surface area contributed by atoms with E-state index in [1.807, 2.05) is 0 Å². The zero-order valence-electron chi connectivity index (χ0n) is 18.3. The SMILES string of the molecule is O=C(O)CC(NC(=O)C(Cc1ccsc1)n1cccc(NC(=O)c2ccccc2)c1=O)C(=O)CF. The van der Waals surface area contributed by atoms with Gasteiger partial charge in [-0.1, -0.05) is 18.2 Å². The Bertz CT molecular complexity index is 1260. The van der Waals surface area contributed by atoms with Crippen LogP contribution in [0.2, 0.25) is 0 Å². The van der Waals surface area contributed by atoms with Crippen LogP contribution in [0.5, 0.6) is 0 Å². The van der Waals surface area contributed by atoms with Crippen molar-refractivity contribution in [3.05, 3.63) is 87.0 Å². The highest BCUT2D eigenvalue weighted by Gasteiger charge is 2.29. The molecule has 2 atom stereocenters. The van der Waals surface area contributed by atoms with Crippen molar-refractivity contribution >= 4 is 40.6 Å². The number of carbonyl (C=O) groups is 4. The number of aromatic nitrogens is 1. The number of halogens is 1. The van der Waals surface area contributed by atoms with Gasteiger partial charge in [0.2, 0.25) is 5.91 Å². The quantitative estimate of drug-likeness (QED) is 0.371. The highest BCUT2D eigenvalue weighted by molar-refractivity contribution is 7.07. The molecular formula is C24H22FN3O6S. The Morgan fingerprint density at radius 1 is 1.06 bits per heavy atom. The first-order valence-corrected chi connectivity index (χ1v) is 11.4. The highest BCUT2D eigenvalue weighted by Crippen LogP contribution is 2.18. The van der Waals surface area contributed by atoms with Gasteiger partial charge >= 0.3 is 5.97 Å². The van der Waals surface area contributed by atoms with Crippen LogP contribution in [0.25, 0.3) is 0 Å². The van der Waals surface area contributed by atoms with E-state index in [0.29, 0.717) is 11.1 Å². The minimum absolute atomic E-state index is 0.0366. The zero-order chi connectivity index (χ0) is 25.4. The number of nitrogens with zero attached hydrogens (tertiary/aromatic N) is 1. The number of alkyl halides is 1. The van der Waals surface area contributed by atoms with E-state index in [1.165, 1.54) is 29.7 Å². The fourth-order valence-corrected chi connectivity index (χ4v) is 4.05. The summed E-state index contributed by atoms with van der Waals surface area (Å²) in [4.78, 5) is 61.9. The Morgan fingerprint density at radius 2 is 1.80 bits per heavy atom. The van der Waals surface area contributed by atoms with E-state index in [0.717, 1.165) is 4.57 Å². The number of anilines is 1. The molecule has 0 radical (unpaired) electrons. The summed E-state index contributed by atoms with van der Waals surface area (Å²) in [5.41, 5.74) is 0.286. The zero-order valence-corrected chi connectivity index (χ0v) is 19.2. The van der Waals surface area contributed by atoms with E-state index in [-0.39, 0.29) is 12.1 Å².